The molecular weight excluding hydrogens is 322 g/mol. The number of thioether (sulfide) groups is 1. The number of amides is 1. The quantitative estimate of drug-likeness (QED) is 0.822. The lowest BCUT2D eigenvalue weighted by molar-refractivity contribution is -0.0716. The van der Waals surface area contributed by atoms with Crippen LogP contribution in [0, 0.1) is 0 Å². The SMILES string of the molecule is CSc1ccccc1C(=O)Nc1ccc2c(c1)OC1(CCCC1)O2. The summed E-state index contributed by atoms with van der Waals surface area (Å²) in [4.78, 5) is 13.5. The van der Waals surface area contributed by atoms with Gasteiger partial charge in [-0.05, 0) is 43.4 Å². The van der Waals surface area contributed by atoms with Crippen molar-refractivity contribution in [3.63, 3.8) is 0 Å². The molecule has 1 aliphatic carbocycles. The van der Waals surface area contributed by atoms with Gasteiger partial charge in [0.05, 0.1) is 5.56 Å². The van der Waals surface area contributed by atoms with E-state index < -0.39 is 5.79 Å². The number of hydrogen-bond acceptors (Lipinski definition) is 4. The van der Waals surface area contributed by atoms with Gasteiger partial charge in [-0.2, -0.15) is 0 Å². The maximum absolute atomic E-state index is 12.5. The van der Waals surface area contributed by atoms with Crippen molar-refractivity contribution in [3.8, 4) is 11.5 Å². The van der Waals surface area contributed by atoms with E-state index in [2.05, 4.69) is 5.32 Å². The second-order valence-electron chi connectivity index (χ2n) is 6.14. The van der Waals surface area contributed by atoms with E-state index in [4.69, 9.17) is 9.47 Å². The van der Waals surface area contributed by atoms with Crippen molar-refractivity contribution in [3.05, 3.63) is 48.0 Å². The summed E-state index contributed by atoms with van der Waals surface area (Å²) in [6.07, 6.45) is 6.06. The van der Waals surface area contributed by atoms with Gasteiger partial charge in [-0.15, -0.1) is 11.8 Å². The zero-order valence-electron chi connectivity index (χ0n) is 13.5. The Bertz CT molecular complexity index is 784. The van der Waals surface area contributed by atoms with Gasteiger partial charge in [-0.3, -0.25) is 4.79 Å². The Balaban J connectivity index is 1.54. The van der Waals surface area contributed by atoms with E-state index in [9.17, 15) is 4.79 Å². The fourth-order valence-electron chi connectivity index (χ4n) is 3.32. The second-order valence-corrected chi connectivity index (χ2v) is 6.99. The normalized spacial score (nSPS) is 17.2. The van der Waals surface area contributed by atoms with Gasteiger partial charge in [-0.25, -0.2) is 0 Å². The van der Waals surface area contributed by atoms with Crippen molar-refractivity contribution in [2.75, 3.05) is 11.6 Å². The molecule has 24 heavy (non-hydrogen) atoms. The van der Waals surface area contributed by atoms with Crippen LogP contribution in [0.4, 0.5) is 5.69 Å². The third kappa shape index (κ3) is 2.73. The first kappa shape index (κ1) is 15.4. The van der Waals surface area contributed by atoms with Gasteiger partial charge in [0.2, 0.25) is 0 Å². The average Bonchev–Trinajstić information content (AvgIpc) is 3.20. The fourth-order valence-corrected chi connectivity index (χ4v) is 3.92. The summed E-state index contributed by atoms with van der Waals surface area (Å²) >= 11 is 1.56. The summed E-state index contributed by atoms with van der Waals surface area (Å²) in [5.41, 5.74) is 1.39. The monoisotopic (exact) mass is 341 g/mol. The topological polar surface area (TPSA) is 47.6 Å². The van der Waals surface area contributed by atoms with Crippen LogP contribution in [0.25, 0.3) is 0 Å². The molecule has 124 valence electrons. The summed E-state index contributed by atoms with van der Waals surface area (Å²) < 4.78 is 12.0. The molecule has 0 aromatic heterocycles. The van der Waals surface area contributed by atoms with Gasteiger partial charge in [0.25, 0.3) is 11.7 Å². The first-order chi connectivity index (χ1) is 11.7. The van der Waals surface area contributed by atoms with E-state index in [1.165, 1.54) is 0 Å². The van der Waals surface area contributed by atoms with Crippen molar-refractivity contribution in [1.29, 1.82) is 0 Å². The highest BCUT2D eigenvalue weighted by molar-refractivity contribution is 7.98. The minimum atomic E-state index is -0.476. The maximum Gasteiger partial charge on any atom is 0.256 e. The minimum absolute atomic E-state index is 0.116. The number of anilines is 1. The molecule has 0 radical (unpaired) electrons. The Hall–Kier alpha value is -2.14. The number of benzene rings is 2. The van der Waals surface area contributed by atoms with Gasteiger partial charge >= 0.3 is 0 Å². The molecular formula is C19H19NO3S. The standard InChI is InChI=1S/C19H19NO3S/c1-24-17-7-3-2-6-14(17)18(21)20-13-8-9-15-16(12-13)23-19(22-15)10-4-5-11-19/h2-3,6-9,12H,4-5,10-11H2,1H3,(H,20,21). The lowest BCUT2D eigenvalue weighted by Crippen LogP contribution is -2.34. The molecule has 5 heteroatoms. The molecule has 0 bridgehead atoms. The second kappa shape index (κ2) is 6.06. The molecule has 4 nitrogen and oxygen atoms in total. The molecule has 2 aliphatic rings. The van der Waals surface area contributed by atoms with Crippen LogP contribution in [0.15, 0.2) is 47.4 Å². The van der Waals surface area contributed by atoms with E-state index in [1.54, 1.807) is 11.8 Å². The molecule has 4 rings (SSSR count). The number of carbonyl (C=O) groups is 1. The van der Waals surface area contributed by atoms with Gasteiger partial charge in [0.15, 0.2) is 11.5 Å². The van der Waals surface area contributed by atoms with E-state index in [0.717, 1.165) is 36.3 Å². The molecule has 0 saturated heterocycles. The van der Waals surface area contributed by atoms with Crippen LogP contribution in [-0.4, -0.2) is 18.0 Å². The van der Waals surface area contributed by atoms with Gasteiger partial charge in [-0.1, -0.05) is 12.1 Å². The lowest BCUT2D eigenvalue weighted by Gasteiger charge is -2.21. The van der Waals surface area contributed by atoms with E-state index in [0.29, 0.717) is 17.0 Å². The largest absolute Gasteiger partial charge is 0.448 e. The van der Waals surface area contributed by atoms with Crippen molar-refractivity contribution in [1.82, 2.24) is 0 Å². The summed E-state index contributed by atoms with van der Waals surface area (Å²) in [5, 5.41) is 2.95. The Morgan fingerprint density at radius 2 is 1.83 bits per heavy atom. The van der Waals surface area contributed by atoms with Crippen LogP contribution < -0.4 is 14.8 Å². The van der Waals surface area contributed by atoms with Crippen molar-refractivity contribution >= 4 is 23.4 Å². The van der Waals surface area contributed by atoms with Crippen LogP contribution in [0.3, 0.4) is 0 Å². The first-order valence-corrected chi connectivity index (χ1v) is 9.38. The molecule has 1 fully saturated rings. The number of rotatable bonds is 3. The molecule has 0 atom stereocenters. The molecule has 1 saturated carbocycles. The molecule has 1 spiro atoms. The highest BCUT2D eigenvalue weighted by Gasteiger charge is 2.44. The number of ether oxygens (including phenoxy) is 2. The highest BCUT2D eigenvalue weighted by atomic mass is 32.2. The van der Waals surface area contributed by atoms with E-state index >= 15 is 0 Å². The molecule has 1 heterocycles. The maximum atomic E-state index is 12.5. The number of hydrogen-bond donors (Lipinski definition) is 1. The summed E-state index contributed by atoms with van der Waals surface area (Å²) in [7, 11) is 0. The van der Waals surface area contributed by atoms with Crippen LogP contribution in [-0.2, 0) is 0 Å². The zero-order chi connectivity index (χ0) is 16.6. The molecule has 1 amide bonds. The molecule has 1 aliphatic heterocycles. The fraction of sp³-hybridized carbons (Fsp3) is 0.316. The van der Waals surface area contributed by atoms with Crippen molar-refractivity contribution < 1.29 is 14.3 Å². The predicted octanol–water partition coefficient (Wildman–Crippen LogP) is 4.70. The number of carbonyl (C=O) groups excluding carboxylic acids is 1. The minimum Gasteiger partial charge on any atom is -0.448 e. The van der Waals surface area contributed by atoms with Crippen LogP contribution in [0.2, 0.25) is 0 Å². The highest BCUT2D eigenvalue weighted by Crippen LogP contribution is 2.47. The van der Waals surface area contributed by atoms with E-state index in [-0.39, 0.29) is 5.91 Å². The number of fused-ring (bicyclic) bond motifs is 1. The summed E-state index contributed by atoms with van der Waals surface area (Å²) in [5.74, 6) is 0.887. The molecule has 0 unspecified atom stereocenters. The first-order valence-electron chi connectivity index (χ1n) is 8.16. The number of nitrogens with one attached hydrogen (secondary N) is 1. The van der Waals surface area contributed by atoms with Gasteiger partial charge in [0, 0.05) is 29.5 Å². The van der Waals surface area contributed by atoms with Crippen molar-refractivity contribution in [2.45, 2.75) is 36.4 Å². The third-order valence-electron chi connectivity index (χ3n) is 4.51. The smallest absolute Gasteiger partial charge is 0.256 e. The van der Waals surface area contributed by atoms with Crippen LogP contribution >= 0.6 is 11.8 Å². The average molecular weight is 341 g/mol. The Morgan fingerprint density at radius 3 is 2.62 bits per heavy atom. The molecule has 2 aromatic carbocycles. The summed E-state index contributed by atoms with van der Waals surface area (Å²) in [6, 6.07) is 13.2. The van der Waals surface area contributed by atoms with Gasteiger partial charge < -0.3 is 14.8 Å². The van der Waals surface area contributed by atoms with Crippen molar-refractivity contribution in [2.24, 2.45) is 0 Å². The Labute approximate surface area is 145 Å². The summed E-state index contributed by atoms with van der Waals surface area (Å²) in [6.45, 7) is 0. The van der Waals surface area contributed by atoms with E-state index in [1.807, 2.05) is 48.7 Å². The third-order valence-corrected chi connectivity index (χ3v) is 5.31. The zero-order valence-corrected chi connectivity index (χ0v) is 14.3. The van der Waals surface area contributed by atoms with Crippen LogP contribution in [0.5, 0.6) is 11.5 Å². The Morgan fingerprint density at radius 1 is 1.08 bits per heavy atom. The molecule has 2 aromatic rings. The predicted molar refractivity (Wildman–Crippen MR) is 95.1 cm³/mol. The van der Waals surface area contributed by atoms with Crippen LogP contribution in [0.1, 0.15) is 36.0 Å². The molecule has 1 N–H and O–H groups in total. The lowest BCUT2D eigenvalue weighted by atomic mass is 10.2. The van der Waals surface area contributed by atoms with Gasteiger partial charge in [0.1, 0.15) is 0 Å². The Kier molecular flexibility index (Phi) is 3.88.